The van der Waals surface area contributed by atoms with Crippen LogP contribution in [0.5, 0.6) is 5.75 Å². The third-order valence-corrected chi connectivity index (χ3v) is 6.70. The zero-order valence-electron chi connectivity index (χ0n) is 11.0. The van der Waals surface area contributed by atoms with Crippen LogP contribution in [-0.2, 0) is 0 Å². The van der Waals surface area contributed by atoms with Crippen molar-refractivity contribution in [2.24, 2.45) is 5.73 Å². The van der Waals surface area contributed by atoms with Crippen LogP contribution in [0.25, 0.3) is 0 Å². The van der Waals surface area contributed by atoms with Crippen molar-refractivity contribution in [2.75, 3.05) is 18.6 Å². The first-order chi connectivity index (χ1) is 8.76. The van der Waals surface area contributed by atoms with E-state index in [1.165, 1.54) is 23.5 Å². The van der Waals surface area contributed by atoms with Gasteiger partial charge in [-0.05, 0) is 24.1 Å². The highest BCUT2D eigenvalue weighted by molar-refractivity contribution is 8.07. The third kappa shape index (κ3) is 3.16. The van der Waals surface area contributed by atoms with Crippen LogP contribution in [0.3, 0.4) is 0 Å². The van der Waals surface area contributed by atoms with Gasteiger partial charge in [-0.2, -0.15) is 23.5 Å². The van der Waals surface area contributed by atoms with Gasteiger partial charge in [0.25, 0.3) is 0 Å². The zero-order valence-corrected chi connectivity index (χ0v) is 12.6. The van der Waals surface area contributed by atoms with Gasteiger partial charge in [0, 0.05) is 28.0 Å². The minimum atomic E-state index is 0.0999. The molecule has 0 saturated carbocycles. The summed E-state index contributed by atoms with van der Waals surface area (Å²) < 4.78 is 5.28. The summed E-state index contributed by atoms with van der Waals surface area (Å²) in [7, 11) is 1.70. The van der Waals surface area contributed by atoms with Crippen LogP contribution in [0.2, 0.25) is 0 Å². The molecule has 2 N–H and O–H groups in total. The molecule has 0 radical (unpaired) electrons. The number of hydrogen-bond acceptors (Lipinski definition) is 4. The fourth-order valence-corrected chi connectivity index (χ4v) is 5.49. The molecule has 0 aromatic heterocycles. The third-order valence-electron chi connectivity index (χ3n) is 3.33. The molecule has 1 aliphatic heterocycles. The van der Waals surface area contributed by atoms with Crippen molar-refractivity contribution in [3.05, 3.63) is 29.8 Å². The Balaban J connectivity index is 2.15. The van der Waals surface area contributed by atoms with E-state index in [2.05, 4.69) is 30.8 Å². The first kappa shape index (κ1) is 14.1. The van der Waals surface area contributed by atoms with Crippen LogP contribution in [0.4, 0.5) is 0 Å². The van der Waals surface area contributed by atoms with Crippen LogP contribution in [0, 0.1) is 0 Å². The van der Waals surface area contributed by atoms with Crippen LogP contribution < -0.4 is 10.5 Å². The highest BCUT2D eigenvalue weighted by atomic mass is 32.2. The van der Waals surface area contributed by atoms with Gasteiger partial charge >= 0.3 is 0 Å². The van der Waals surface area contributed by atoms with E-state index < -0.39 is 0 Å². The highest BCUT2D eigenvalue weighted by Gasteiger charge is 2.30. The number of benzene rings is 1. The fourth-order valence-electron chi connectivity index (χ4n) is 2.31. The lowest BCUT2D eigenvalue weighted by molar-refractivity contribution is 0.413. The number of hydrogen-bond donors (Lipinski definition) is 1. The summed E-state index contributed by atoms with van der Waals surface area (Å²) in [6, 6.07) is 8.27. The maximum absolute atomic E-state index is 6.47. The largest absolute Gasteiger partial charge is 0.497 e. The normalized spacial score (nSPS) is 25.7. The molecule has 4 heteroatoms. The van der Waals surface area contributed by atoms with E-state index in [0.717, 1.165) is 5.75 Å². The molecule has 1 fully saturated rings. The predicted molar refractivity (Wildman–Crippen MR) is 82.7 cm³/mol. The maximum Gasteiger partial charge on any atom is 0.119 e. The van der Waals surface area contributed by atoms with Gasteiger partial charge in [0.15, 0.2) is 0 Å². The Bertz CT molecular complexity index is 386. The molecule has 0 amide bonds. The number of nitrogens with two attached hydrogens (primary N) is 1. The fraction of sp³-hybridized carbons (Fsp3) is 0.571. The average molecular weight is 283 g/mol. The quantitative estimate of drug-likeness (QED) is 0.919. The molecule has 1 aromatic rings. The summed E-state index contributed by atoms with van der Waals surface area (Å²) in [5, 5.41) is 1.19. The van der Waals surface area contributed by atoms with Crippen LogP contribution in [0.1, 0.15) is 24.9 Å². The van der Waals surface area contributed by atoms with Gasteiger partial charge in [-0.25, -0.2) is 0 Å². The molecule has 0 aliphatic carbocycles. The lowest BCUT2D eigenvalue weighted by Gasteiger charge is -2.34. The Labute approximate surface area is 118 Å². The summed E-state index contributed by atoms with van der Waals surface area (Å²) in [6.07, 6.45) is 1.19. The van der Waals surface area contributed by atoms with Crippen LogP contribution in [0.15, 0.2) is 24.3 Å². The molecule has 100 valence electrons. The Kier molecular flexibility index (Phi) is 5.27. The van der Waals surface area contributed by atoms with Gasteiger partial charge < -0.3 is 10.5 Å². The molecule has 1 heterocycles. The van der Waals surface area contributed by atoms with Crippen molar-refractivity contribution < 1.29 is 4.74 Å². The Morgan fingerprint density at radius 2 is 2.17 bits per heavy atom. The number of rotatable bonds is 4. The lowest BCUT2D eigenvalue weighted by atomic mass is 10.0. The monoisotopic (exact) mass is 283 g/mol. The SMILES string of the molecule is CCC1SCCSC1C(N)c1cccc(OC)c1. The van der Waals surface area contributed by atoms with E-state index in [0.29, 0.717) is 10.5 Å². The molecule has 0 bridgehead atoms. The summed E-state index contributed by atoms with van der Waals surface area (Å²) >= 11 is 4.10. The molecule has 1 aromatic carbocycles. The van der Waals surface area contributed by atoms with Gasteiger partial charge in [-0.15, -0.1) is 0 Å². The van der Waals surface area contributed by atoms with Gasteiger partial charge in [0.2, 0.25) is 0 Å². The zero-order chi connectivity index (χ0) is 13.0. The van der Waals surface area contributed by atoms with Gasteiger partial charge in [0.1, 0.15) is 5.75 Å². The average Bonchev–Trinajstić information content (AvgIpc) is 2.46. The van der Waals surface area contributed by atoms with Crippen LogP contribution >= 0.6 is 23.5 Å². The molecule has 1 aliphatic rings. The highest BCUT2D eigenvalue weighted by Crippen LogP contribution is 2.39. The maximum atomic E-state index is 6.47. The van der Waals surface area contributed by atoms with Gasteiger partial charge in [0.05, 0.1) is 7.11 Å². The number of ether oxygens (including phenoxy) is 1. The minimum Gasteiger partial charge on any atom is -0.497 e. The van der Waals surface area contributed by atoms with E-state index >= 15 is 0 Å². The van der Waals surface area contributed by atoms with Crippen LogP contribution in [-0.4, -0.2) is 29.1 Å². The molecular weight excluding hydrogens is 262 g/mol. The van der Waals surface area contributed by atoms with E-state index in [-0.39, 0.29) is 6.04 Å². The molecule has 0 spiro atoms. The Hall–Kier alpha value is -0.320. The van der Waals surface area contributed by atoms with Crippen molar-refractivity contribution in [1.29, 1.82) is 0 Å². The molecule has 3 atom stereocenters. The summed E-state index contributed by atoms with van der Waals surface area (Å²) in [6.45, 7) is 2.26. The second-order valence-electron chi connectivity index (χ2n) is 4.46. The first-order valence-electron chi connectivity index (χ1n) is 6.39. The second-order valence-corrected chi connectivity index (χ2v) is 7.09. The Morgan fingerprint density at radius 1 is 1.39 bits per heavy atom. The number of methoxy groups -OCH3 is 1. The molecule has 2 nitrogen and oxygen atoms in total. The van der Waals surface area contributed by atoms with Gasteiger partial charge in [-0.3, -0.25) is 0 Å². The molecule has 18 heavy (non-hydrogen) atoms. The Morgan fingerprint density at radius 3 is 2.89 bits per heavy atom. The van der Waals surface area contributed by atoms with E-state index in [4.69, 9.17) is 10.5 Å². The van der Waals surface area contributed by atoms with E-state index in [1.807, 2.05) is 23.9 Å². The van der Waals surface area contributed by atoms with Gasteiger partial charge in [-0.1, -0.05) is 19.1 Å². The summed E-state index contributed by atoms with van der Waals surface area (Å²) in [5.74, 6) is 3.36. The standard InChI is InChI=1S/C14H21NOS2/c1-3-12-14(18-8-7-17-12)13(15)10-5-4-6-11(9-10)16-2/h4-6,9,12-14H,3,7-8,15H2,1-2H3. The minimum absolute atomic E-state index is 0.0999. The molecule has 1 saturated heterocycles. The molecule has 2 rings (SSSR count). The van der Waals surface area contributed by atoms with Crippen molar-refractivity contribution in [3.63, 3.8) is 0 Å². The van der Waals surface area contributed by atoms with Crippen molar-refractivity contribution >= 4 is 23.5 Å². The second kappa shape index (κ2) is 6.73. The topological polar surface area (TPSA) is 35.2 Å². The molecule has 3 unspecified atom stereocenters. The van der Waals surface area contributed by atoms with E-state index in [9.17, 15) is 0 Å². The van der Waals surface area contributed by atoms with Crippen molar-refractivity contribution in [3.8, 4) is 5.75 Å². The summed E-state index contributed by atoms with van der Waals surface area (Å²) in [5.41, 5.74) is 7.66. The molecular formula is C14H21NOS2. The predicted octanol–water partition coefficient (Wildman–Crippen LogP) is 3.32. The first-order valence-corrected chi connectivity index (χ1v) is 8.48. The summed E-state index contributed by atoms with van der Waals surface area (Å²) in [4.78, 5) is 0. The number of thioether (sulfide) groups is 2. The van der Waals surface area contributed by atoms with Crippen molar-refractivity contribution in [2.45, 2.75) is 29.9 Å². The van der Waals surface area contributed by atoms with E-state index in [1.54, 1.807) is 7.11 Å². The lowest BCUT2D eigenvalue weighted by Crippen LogP contribution is -2.35. The van der Waals surface area contributed by atoms with Crippen molar-refractivity contribution in [1.82, 2.24) is 0 Å². The smallest absolute Gasteiger partial charge is 0.119 e.